The lowest BCUT2D eigenvalue weighted by molar-refractivity contribution is -0.145. The second-order valence-corrected chi connectivity index (χ2v) is 3.49. The van der Waals surface area contributed by atoms with Gasteiger partial charge in [-0.05, 0) is 31.0 Å². The maximum atomic E-state index is 11.7. The Balaban J connectivity index is 2.82. The number of carbonyl (C=O) groups is 1. The Morgan fingerprint density at radius 3 is 2.31 bits per heavy atom. The van der Waals surface area contributed by atoms with Crippen LogP contribution in [0, 0.1) is 0 Å². The van der Waals surface area contributed by atoms with Gasteiger partial charge in [-0.2, -0.15) is 0 Å². The van der Waals surface area contributed by atoms with Crippen molar-refractivity contribution in [2.75, 3.05) is 13.7 Å². The molecule has 88 valence electrons. The van der Waals surface area contributed by atoms with Crippen molar-refractivity contribution in [3.8, 4) is 5.75 Å². The van der Waals surface area contributed by atoms with E-state index in [9.17, 15) is 4.79 Å². The molecule has 1 unspecified atom stereocenters. The molecule has 0 fully saturated rings. The molecule has 0 amide bonds. The molecule has 1 aromatic rings. The Morgan fingerprint density at radius 1 is 1.25 bits per heavy atom. The average molecular weight is 222 g/mol. The van der Waals surface area contributed by atoms with Crippen molar-refractivity contribution in [2.24, 2.45) is 0 Å². The lowest BCUT2D eigenvalue weighted by Crippen LogP contribution is -2.15. The summed E-state index contributed by atoms with van der Waals surface area (Å²) in [4.78, 5) is 11.7. The van der Waals surface area contributed by atoms with Crippen LogP contribution in [0.15, 0.2) is 24.3 Å². The molecule has 0 aliphatic carbocycles. The molecule has 0 bridgehead atoms. The predicted octanol–water partition coefficient (Wildman–Crippen LogP) is 2.75. The third kappa shape index (κ3) is 2.99. The predicted molar refractivity (Wildman–Crippen MR) is 62.7 cm³/mol. The number of methoxy groups -OCH3 is 1. The smallest absolute Gasteiger partial charge is 0.313 e. The van der Waals surface area contributed by atoms with Gasteiger partial charge < -0.3 is 9.47 Å². The lowest BCUT2D eigenvalue weighted by atomic mass is 9.96. The fourth-order valence-electron chi connectivity index (χ4n) is 1.62. The summed E-state index contributed by atoms with van der Waals surface area (Å²) >= 11 is 0. The van der Waals surface area contributed by atoms with E-state index in [-0.39, 0.29) is 11.9 Å². The summed E-state index contributed by atoms with van der Waals surface area (Å²) < 4.78 is 10.1. The van der Waals surface area contributed by atoms with Crippen molar-refractivity contribution in [3.05, 3.63) is 29.8 Å². The van der Waals surface area contributed by atoms with Gasteiger partial charge in [0.15, 0.2) is 0 Å². The molecule has 0 saturated carbocycles. The van der Waals surface area contributed by atoms with Crippen LogP contribution in [-0.2, 0) is 9.53 Å². The van der Waals surface area contributed by atoms with Crippen LogP contribution in [0.4, 0.5) is 0 Å². The fraction of sp³-hybridized carbons (Fsp3) is 0.462. The molecule has 0 aromatic heterocycles. The van der Waals surface area contributed by atoms with Gasteiger partial charge in [-0.3, -0.25) is 4.79 Å². The minimum Gasteiger partial charge on any atom is -0.497 e. The van der Waals surface area contributed by atoms with Gasteiger partial charge >= 0.3 is 5.97 Å². The SMILES string of the molecule is CCOC(=O)C(CC)c1ccc(OC)cc1. The first-order chi connectivity index (χ1) is 7.72. The molecule has 1 atom stereocenters. The van der Waals surface area contributed by atoms with Crippen LogP contribution in [0.25, 0.3) is 0 Å². The van der Waals surface area contributed by atoms with E-state index in [1.54, 1.807) is 7.11 Å². The first kappa shape index (κ1) is 12.6. The highest BCUT2D eigenvalue weighted by atomic mass is 16.5. The van der Waals surface area contributed by atoms with Crippen LogP contribution in [0.3, 0.4) is 0 Å². The molecule has 0 N–H and O–H groups in total. The standard InChI is InChI=1S/C13H18O3/c1-4-12(13(14)16-5-2)10-6-8-11(15-3)9-7-10/h6-9,12H,4-5H2,1-3H3. The summed E-state index contributed by atoms with van der Waals surface area (Å²) in [6.45, 7) is 4.22. The van der Waals surface area contributed by atoms with Gasteiger partial charge in [-0.15, -0.1) is 0 Å². The maximum absolute atomic E-state index is 11.7. The average Bonchev–Trinajstić information content (AvgIpc) is 2.31. The van der Waals surface area contributed by atoms with Crippen molar-refractivity contribution >= 4 is 5.97 Å². The zero-order chi connectivity index (χ0) is 12.0. The van der Waals surface area contributed by atoms with E-state index in [2.05, 4.69) is 0 Å². The van der Waals surface area contributed by atoms with E-state index in [1.807, 2.05) is 38.1 Å². The number of hydrogen-bond donors (Lipinski definition) is 0. The molecule has 0 saturated heterocycles. The number of ether oxygens (including phenoxy) is 2. The summed E-state index contributed by atoms with van der Waals surface area (Å²) in [6, 6.07) is 7.53. The minimum absolute atomic E-state index is 0.157. The molecule has 3 nitrogen and oxygen atoms in total. The number of carbonyl (C=O) groups excluding carboxylic acids is 1. The van der Waals surface area contributed by atoms with E-state index in [0.717, 1.165) is 17.7 Å². The third-order valence-corrected chi connectivity index (χ3v) is 2.50. The van der Waals surface area contributed by atoms with Gasteiger partial charge in [0.05, 0.1) is 19.6 Å². The van der Waals surface area contributed by atoms with Crippen LogP contribution in [0.5, 0.6) is 5.75 Å². The van der Waals surface area contributed by atoms with Crippen LogP contribution in [0.1, 0.15) is 31.7 Å². The lowest BCUT2D eigenvalue weighted by Gasteiger charge is -2.14. The normalized spacial score (nSPS) is 11.9. The number of rotatable bonds is 5. The molecule has 0 spiro atoms. The van der Waals surface area contributed by atoms with Gasteiger partial charge in [-0.1, -0.05) is 19.1 Å². The zero-order valence-electron chi connectivity index (χ0n) is 10.0. The number of esters is 1. The Hall–Kier alpha value is -1.51. The molecule has 1 aromatic carbocycles. The highest BCUT2D eigenvalue weighted by Gasteiger charge is 2.19. The summed E-state index contributed by atoms with van der Waals surface area (Å²) in [5.41, 5.74) is 0.974. The highest BCUT2D eigenvalue weighted by Crippen LogP contribution is 2.23. The first-order valence-electron chi connectivity index (χ1n) is 5.53. The van der Waals surface area contributed by atoms with Gasteiger partial charge in [0, 0.05) is 0 Å². The van der Waals surface area contributed by atoms with Gasteiger partial charge in [-0.25, -0.2) is 0 Å². The molecular weight excluding hydrogens is 204 g/mol. The summed E-state index contributed by atoms with van der Waals surface area (Å²) in [6.07, 6.45) is 0.741. The van der Waals surface area contributed by atoms with Crippen molar-refractivity contribution in [3.63, 3.8) is 0 Å². The second kappa shape index (κ2) is 6.16. The van der Waals surface area contributed by atoms with Crippen molar-refractivity contribution in [1.29, 1.82) is 0 Å². The van der Waals surface area contributed by atoms with Crippen molar-refractivity contribution in [1.82, 2.24) is 0 Å². The van der Waals surface area contributed by atoms with Crippen molar-refractivity contribution in [2.45, 2.75) is 26.2 Å². The first-order valence-corrected chi connectivity index (χ1v) is 5.53. The summed E-state index contributed by atoms with van der Waals surface area (Å²) in [5.74, 6) is 0.462. The largest absolute Gasteiger partial charge is 0.497 e. The fourth-order valence-corrected chi connectivity index (χ4v) is 1.62. The Morgan fingerprint density at radius 2 is 1.88 bits per heavy atom. The van der Waals surface area contributed by atoms with E-state index in [4.69, 9.17) is 9.47 Å². The van der Waals surface area contributed by atoms with Crippen LogP contribution in [0.2, 0.25) is 0 Å². The molecule has 0 aliphatic heterocycles. The molecule has 3 heteroatoms. The highest BCUT2D eigenvalue weighted by molar-refractivity contribution is 5.78. The van der Waals surface area contributed by atoms with Gasteiger partial charge in [0.2, 0.25) is 0 Å². The number of benzene rings is 1. The maximum Gasteiger partial charge on any atom is 0.313 e. The molecular formula is C13H18O3. The Bertz CT molecular complexity index is 330. The number of hydrogen-bond acceptors (Lipinski definition) is 3. The van der Waals surface area contributed by atoms with E-state index >= 15 is 0 Å². The monoisotopic (exact) mass is 222 g/mol. The molecule has 1 rings (SSSR count). The zero-order valence-corrected chi connectivity index (χ0v) is 10.0. The van der Waals surface area contributed by atoms with Crippen LogP contribution in [-0.4, -0.2) is 19.7 Å². The topological polar surface area (TPSA) is 35.5 Å². The van der Waals surface area contributed by atoms with E-state index in [1.165, 1.54) is 0 Å². The molecule has 0 radical (unpaired) electrons. The third-order valence-electron chi connectivity index (χ3n) is 2.50. The van der Waals surface area contributed by atoms with Crippen LogP contribution < -0.4 is 4.74 Å². The van der Waals surface area contributed by atoms with Crippen molar-refractivity contribution < 1.29 is 14.3 Å². The van der Waals surface area contributed by atoms with E-state index in [0.29, 0.717) is 6.61 Å². The summed E-state index contributed by atoms with van der Waals surface area (Å²) in [5, 5.41) is 0. The summed E-state index contributed by atoms with van der Waals surface area (Å²) in [7, 11) is 1.62. The quantitative estimate of drug-likeness (QED) is 0.719. The molecule has 16 heavy (non-hydrogen) atoms. The van der Waals surface area contributed by atoms with Gasteiger partial charge in [0.1, 0.15) is 5.75 Å². The van der Waals surface area contributed by atoms with Crippen LogP contribution >= 0.6 is 0 Å². The minimum atomic E-state index is -0.175. The second-order valence-electron chi connectivity index (χ2n) is 3.49. The van der Waals surface area contributed by atoms with E-state index < -0.39 is 0 Å². The Labute approximate surface area is 96.4 Å². The molecule has 0 heterocycles. The van der Waals surface area contributed by atoms with Gasteiger partial charge in [0.25, 0.3) is 0 Å². The molecule has 0 aliphatic rings. The Kier molecular flexibility index (Phi) is 4.83.